The molecule has 0 unspecified atom stereocenters. The first kappa shape index (κ1) is 17.7. The lowest BCUT2D eigenvalue weighted by Gasteiger charge is -2.20. The fourth-order valence-electron chi connectivity index (χ4n) is 3.01. The number of pyridine rings is 1. The first-order chi connectivity index (χ1) is 12.8. The van der Waals surface area contributed by atoms with E-state index in [-0.39, 0.29) is 11.8 Å². The van der Waals surface area contributed by atoms with Crippen LogP contribution >= 0.6 is 0 Å². The molecule has 0 aliphatic carbocycles. The number of hydrogen-bond donors (Lipinski definition) is 1. The topological polar surface area (TPSA) is 51.2 Å². The van der Waals surface area contributed by atoms with Crippen LogP contribution < -0.4 is 10.1 Å². The molecule has 1 heterocycles. The van der Waals surface area contributed by atoms with Gasteiger partial charge in [-0.2, -0.15) is 0 Å². The van der Waals surface area contributed by atoms with Gasteiger partial charge in [0.05, 0.1) is 7.11 Å². The summed E-state index contributed by atoms with van der Waals surface area (Å²) in [5.74, 6) is 0.719. The van der Waals surface area contributed by atoms with Gasteiger partial charge in [-0.25, -0.2) is 0 Å². The van der Waals surface area contributed by atoms with Crippen molar-refractivity contribution in [2.75, 3.05) is 7.11 Å². The van der Waals surface area contributed by atoms with E-state index in [1.807, 2.05) is 66.7 Å². The Kier molecular flexibility index (Phi) is 5.99. The molecule has 0 aliphatic rings. The Morgan fingerprint density at radius 1 is 1.04 bits per heavy atom. The molecule has 0 radical (unpaired) electrons. The van der Waals surface area contributed by atoms with Gasteiger partial charge in [-0.1, -0.05) is 54.6 Å². The van der Waals surface area contributed by atoms with Gasteiger partial charge in [-0.05, 0) is 23.3 Å². The molecule has 0 fully saturated rings. The zero-order valence-corrected chi connectivity index (χ0v) is 14.8. The smallest absolute Gasteiger partial charge is 0.221 e. The van der Waals surface area contributed by atoms with Gasteiger partial charge in [0.25, 0.3) is 0 Å². The van der Waals surface area contributed by atoms with Crippen molar-refractivity contribution in [2.24, 2.45) is 0 Å². The van der Waals surface area contributed by atoms with Crippen LogP contribution in [0.5, 0.6) is 5.75 Å². The summed E-state index contributed by atoms with van der Waals surface area (Å²) in [6.07, 6.45) is 3.83. The lowest BCUT2D eigenvalue weighted by Crippen LogP contribution is -2.25. The van der Waals surface area contributed by atoms with Crippen LogP contribution in [0.25, 0.3) is 0 Å². The lowest BCUT2D eigenvalue weighted by atomic mass is 9.87. The summed E-state index contributed by atoms with van der Waals surface area (Å²) in [6.45, 7) is 0.472. The first-order valence-corrected chi connectivity index (χ1v) is 8.61. The number of methoxy groups -OCH3 is 1. The Morgan fingerprint density at radius 2 is 1.81 bits per heavy atom. The maximum Gasteiger partial charge on any atom is 0.221 e. The van der Waals surface area contributed by atoms with Crippen molar-refractivity contribution in [3.05, 3.63) is 95.8 Å². The molecule has 2 aromatic carbocycles. The number of nitrogens with one attached hydrogen (secondary N) is 1. The average Bonchev–Trinajstić information content (AvgIpc) is 2.72. The normalized spacial score (nSPS) is 11.6. The van der Waals surface area contributed by atoms with E-state index in [2.05, 4.69) is 10.3 Å². The Hall–Kier alpha value is -3.14. The lowest BCUT2D eigenvalue weighted by molar-refractivity contribution is -0.121. The minimum Gasteiger partial charge on any atom is -0.496 e. The summed E-state index contributed by atoms with van der Waals surface area (Å²) >= 11 is 0. The van der Waals surface area contributed by atoms with Crippen LogP contribution in [0.1, 0.15) is 29.0 Å². The third kappa shape index (κ3) is 4.48. The predicted molar refractivity (Wildman–Crippen MR) is 102 cm³/mol. The second kappa shape index (κ2) is 8.81. The molecule has 0 spiro atoms. The zero-order valence-electron chi connectivity index (χ0n) is 14.8. The van der Waals surface area contributed by atoms with Crippen molar-refractivity contribution in [2.45, 2.75) is 18.9 Å². The molecule has 26 heavy (non-hydrogen) atoms. The third-order valence-corrected chi connectivity index (χ3v) is 4.32. The van der Waals surface area contributed by atoms with Crippen LogP contribution in [-0.4, -0.2) is 18.0 Å². The van der Waals surface area contributed by atoms with E-state index >= 15 is 0 Å². The molecule has 3 aromatic rings. The summed E-state index contributed by atoms with van der Waals surface area (Å²) < 4.78 is 5.52. The Labute approximate surface area is 153 Å². The number of amides is 1. The van der Waals surface area contributed by atoms with Gasteiger partial charge in [-0.15, -0.1) is 0 Å². The zero-order chi connectivity index (χ0) is 18.2. The van der Waals surface area contributed by atoms with E-state index in [0.717, 1.165) is 22.4 Å². The van der Waals surface area contributed by atoms with Gasteiger partial charge < -0.3 is 10.1 Å². The summed E-state index contributed by atoms with van der Waals surface area (Å²) in [4.78, 5) is 16.7. The Balaban J connectivity index is 1.79. The molecule has 0 aliphatic heterocycles. The largest absolute Gasteiger partial charge is 0.496 e. The second-order valence-electron chi connectivity index (χ2n) is 6.05. The van der Waals surface area contributed by atoms with Gasteiger partial charge in [0.15, 0.2) is 0 Å². The van der Waals surface area contributed by atoms with E-state index in [1.54, 1.807) is 19.5 Å². The standard InChI is InChI=1S/C22H22N2O2/c1-26-21-12-6-5-11-19(21)20(18-9-3-2-4-10-18)14-22(25)24-16-17-8-7-13-23-15-17/h2-13,15,20H,14,16H2,1H3,(H,24,25)/t20-/m0/s1. The quantitative estimate of drug-likeness (QED) is 0.705. The van der Waals surface area contributed by atoms with Crippen LogP contribution in [0.4, 0.5) is 0 Å². The minimum absolute atomic E-state index is 0.00591. The monoisotopic (exact) mass is 346 g/mol. The number of nitrogens with zero attached hydrogens (tertiary/aromatic N) is 1. The average molecular weight is 346 g/mol. The maximum atomic E-state index is 12.6. The highest BCUT2D eigenvalue weighted by atomic mass is 16.5. The fraction of sp³-hybridized carbons (Fsp3) is 0.182. The van der Waals surface area contributed by atoms with E-state index < -0.39 is 0 Å². The second-order valence-corrected chi connectivity index (χ2v) is 6.05. The summed E-state index contributed by atoms with van der Waals surface area (Å²) in [6, 6.07) is 21.7. The molecule has 4 heteroatoms. The molecule has 132 valence electrons. The molecule has 4 nitrogen and oxygen atoms in total. The molecule has 1 N–H and O–H groups in total. The minimum atomic E-state index is -0.0683. The predicted octanol–water partition coefficient (Wildman–Crippen LogP) is 3.93. The summed E-state index contributed by atoms with van der Waals surface area (Å²) in [5.41, 5.74) is 3.08. The van der Waals surface area contributed by atoms with Crippen molar-refractivity contribution < 1.29 is 9.53 Å². The van der Waals surface area contributed by atoms with E-state index in [0.29, 0.717) is 13.0 Å². The first-order valence-electron chi connectivity index (χ1n) is 8.61. The number of ether oxygens (including phenoxy) is 1. The fourth-order valence-corrected chi connectivity index (χ4v) is 3.01. The number of para-hydroxylation sites is 1. The van der Waals surface area contributed by atoms with Crippen molar-refractivity contribution in [3.63, 3.8) is 0 Å². The number of carbonyl (C=O) groups excluding carboxylic acids is 1. The van der Waals surface area contributed by atoms with E-state index in [9.17, 15) is 4.79 Å². The van der Waals surface area contributed by atoms with Gasteiger partial charge in [0, 0.05) is 36.8 Å². The molecule has 1 aromatic heterocycles. The van der Waals surface area contributed by atoms with E-state index in [1.165, 1.54) is 0 Å². The third-order valence-electron chi connectivity index (χ3n) is 4.32. The van der Waals surface area contributed by atoms with Crippen LogP contribution in [0, 0.1) is 0 Å². The van der Waals surface area contributed by atoms with Crippen LogP contribution in [0.2, 0.25) is 0 Å². The highest BCUT2D eigenvalue weighted by Gasteiger charge is 2.21. The van der Waals surface area contributed by atoms with Gasteiger partial charge in [0.1, 0.15) is 5.75 Å². The van der Waals surface area contributed by atoms with Crippen molar-refractivity contribution >= 4 is 5.91 Å². The SMILES string of the molecule is COc1ccccc1[C@@H](CC(=O)NCc1cccnc1)c1ccccc1. The highest BCUT2D eigenvalue weighted by Crippen LogP contribution is 2.34. The number of carbonyl (C=O) groups is 1. The van der Waals surface area contributed by atoms with Crippen molar-refractivity contribution in [3.8, 4) is 5.75 Å². The number of benzene rings is 2. The molecular formula is C22H22N2O2. The number of aromatic nitrogens is 1. The van der Waals surface area contributed by atoms with Crippen molar-refractivity contribution in [1.82, 2.24) is 10.3 Å². The van der Waals surface area contributed by atoms with Crippen LogP contribution in [0.15, 0.2) is 79.1 Å². The van der Waals surface area contributed by atoms with Gasteiger partial charge in [-0.3, -0.25) is 9.78 Å². The van der Waals surface area contributed by atoms with Crippen LogP contribution in [0.3, 0.4) is 0 Å². The number of hydrogen-bond acceptors (Lipinski definition) is 3. The molecule has 0 bridgehead atoms. The number of rotatable bonds is 7. The molecule has 0 saturated heterocycles. The summed E-state index contributed by atoms with van der Waals surface area (Å²) in [7, 11) is 1.66. The Morgan fingerprint density at radius 3 is 2.54 bits per heavy atom. The van der Waals surface area contributed by atoms with E-state index in [4.69, 9.17) is 4.74 Å². The van der Waals surface area contributed by atoms with Crippen LogP contribution in [-0.2, 0) is 11.3 Å². The van der Waals surface area contributed by atoms with Gasteiger partial charge in [0.2, 0.25) is 5.91 Å². The Bertz CT molecular complexity index is 835. The maximum absolute atomic E-state index is 12.6. The highest BCUT2D eigenvalue weighted by molar-refractivity contribution is 5.77. The van der Waals surface area contributed by atoms with Gasteiger partial charge >= 0.3 is 0 Å². The molecule has 1 amide bonds. The van der Waals surface area contributed by atoms with Crippen molar-refractivity contribution in [1.29, 1.82) is 0 Å². The summed E-state index contributed by atoms with van der Waals surface area (Å²) in [5, 5.41) is 2.99. The molecule has 0 saturated carbocycles. The molecule has 3 rings (SSSR count). The molecule has 1 atom stereocenters. The molecular weight excluding hydrogens is 324 g/mol.